The first-order valence-corrected chi connectivity index (χ1v) is 10.2. The van der Waals surface area contributed by atoms with E-state index in [-0.39, 0.29) is 58.4 Å². The maximum absolute atomic E-state index is 13.4. The number of allylic oxidation sites excluding steroid dienone is 1. The van der Waals surface area contributed by atoms with Gasteiger partial charge in [0.1, 0.15) is 11.0 Å². The Bertz CT molecular complexity index is 1370. The maximum atomic E-state index is 13.4. The molecule has 0 radical (unpaired) electrons. The fourth-order valence-corrected chi connectivity index (χ4v) is 3.86. The van der Waals surface area contributed by atoms with Crippen molar-refractivity contribution in [1.82, 2.24) is 8.75 Å². The molecule has 0 aliphatic heterocycles. The summed E-state index contributed by atoms with van der Waals surface area (Å²) in [5, 5.41) is 23.2. The molecule has 8 nitrogen and oxygen atoms in total. The summed E-state index contributed by atoms with van der Waals surface area (Å²) in [6, 6.07) is 18.7. The molecular formula is C23H14N3NaO5S. The number of carboxylic acid groups (broad SMARTS) is 1. The van der Waals surface area contributed by atoms with E-state index in [1.807, 2.05) is 0 Å². The van der Waals surface area contributed by atoms with Crippen molar-refractivity contribution in [3.8, 4) is 0 Å². The van der Waals surface area contributed by atoms with Crippen molar-refractivity contribution < 1.29 is 49.2 Å². The molecule has 0 N–H and O–H groups in total. The van der Waals surface area contributed by atoms with Crippen LogP contribution in [0.2, 0.25) is 0 Å². The van der Waals surface area contributed by atoms with Crippen molar-refractivity contribution in [2.24, 2.45) is 0 Å². The number of hydrogen-bond donors (Lipinski definition) is 0. The van der Waals surface area contributed by atoms with E-state index in [1.54, 1.807) is 48.5 Å². The number of benzene rings is 3. The third-order valence-corrected chi connectivity index (χ3v) is 5.44. The Morgan fingerprint density at radius 3 is 2.18 bits per heavy atom. The van der Waals surface area contributed by atoms with Crippen LogP contribution >= 0.6 is 11.7 Å². The molecule has 3 aromatic carbocycles. The molecule has 0 aliphatic carbocycles. The Labute approximate surface area is 214 Å². The third kappa shape index (κ3) is 5.40. The zero-order valence-corrected chi connectivity index (χ0v) is 20.2. The molecule has 1 heterocycles. The summed E-state index contributed by atoms with van der Waals surface area (Å²) >= 11 is 0.998. The van der Waals surface area contributed by atoms with Gasteiger partial charge >= 0.3 is 29.6 Å². The predicted molar refractivity (Wildman–Crippen MR) is 117 cm³/mol. The van der Waals surface area contributed by atoms with Gasteiger partial charge in [0.15, 0.2) is 5.78 Å². The number of nitro groups is 1. The molecule has 0 unspecified atom stereocenters. The second kappa shape index (κ2) is 10.6. The molecule has 0 bridgehead atoms. The molecule has 158 valence electrons. The van der Waals surface area contributed by atoms with Crippen molar-refractivity contribution in [3.63, 3.8) is 0 Å². The predicted octanol–water partition coefficient (Wildman–Crippen LogP) is 0.233. The number of aliphatic carboxylic acids is 1. The Balaban J connectivity index is 0.00000306. The first kappa shape index (κ1) is 24.4. The average molecular weight is 467 g/mol. The topological polar surface area (TPSA) is 126 Å². The van der Waals surface area contributed by atoms with Crippen molar-refractivity contribution in [1.29, 1.82) is 0 Å². The van der Waals surface area contributed by atoms with Crippen LogP contribution in [0.3, 0.4) is 0 Å². The quantitative estimate of drug-likeness (QED) is 0.125. The fourth-order valence-electron chi connectivity index (χ4n) is 3.34. The van der Waals surface area contributed by atoms with Crippen LogP contribution in [0.5, 0.6) is 0 Å². The van der Waals surface area contributed by atoms with Crippen LogP contribution in [0.1, 0.15) is 21.5 Å². The molecule has 0 amide bonds. The number of carbonyl (C=O) groups is 2. The zero-order valence-electron chi connectivity index (χ0n) is 17.4. The summed E-state index contributed by atoms with van der Waals surface area (Å²) in [6.07, 6.45) is -0.0532. The number of carboxylic acids is 1. The van der Waals surface area contributed by atoms with Crippen LogP contribution < -0.4 is 34.7 Å². The van der Waals surface area contributed by atoms with Crippen LogP contribution in [0.15, 0.2) is 78.4 Å². The van der Waals surface area contributed by atoms with Gasteiger partial charge in [-0.25, -0.2) is 0 Å². The van der Waals surface area contributed by atoms with Gasteiger partial charge in [-0.1, -0.05) is 48.5 Å². The SMILES string of the molecule is O=C([O-])/C(=C(\Cc1ccc([N+](=O)[O-])cc1)C(=O)c1ccccc1)c1ccc2nsnc2c1.[Na+]. The number of fused-ring (bicyclic) bond motifs is 1. The Kier molecular flexibility index (Phi) is 7.83. The summed E-state index contributed by atoms with van der Waals surface area (Å²) < 4.78 is 8.25. The van der Waals surface area contributed by atoms with Crippen molar-refractivity contribution in [2.75, 3.05) is 0 Å². The average Bonchev–Trinajstić information content (AvgIpc) is 3.27. The smallest absolute Gasteiger partial charge is 0.545 e. The molecule has 10 heteroatoms. The largest absolute Gasteiger partial charge is 1.00 e. The van der Waals surface area contributed by atoms with Crippen LogP contribution in [0.4, 0.5) is 5.69 Å². The first-order chi connectivity index (χ1) is 15.4. The number of carbonyl (C=O) groups excluding carboxylic acids is 2. The summed E-state index contributed by atoms with van der Waals surface area (Å²) in [5.41, 5.74) is 1.90. The Morgan fingerprint density at radius 2 is 1.55 bits per heavy atom. The zero-order chi connectivity index (χ0) is 22.7. The second-order valence-electron chi connectivity index (χ2n) is 6.90. The molecular weight excluding hydrogens is 453 g/mol. The minimum atomic E-state index is -1.51. The van der Waals surface area contributed by atoms with Gasteiger partial charge in [-0.15, -0.1) is 0 Å². The van der Waals surface area contributed by atoms with Crippen LogP contribution in [-0.4, -0.2) is 25.4 Å². The minimum Gasteiger partial charge on any atom is -0.545 e. The van der Waals surface area contributed by atoms with Crippen LogP contribution in [0, 0.1) is 10.1 Å². The van der Waals surface area contributed by atoms with Gasteiger partial charge in [0, 0.05) is 35.3 Å². The van der Waals surface area contributed by atoms with Gasteiger partial charge in [-0.05, 0) is 23.3 Å². The number of Topliss-reactive ketones (excluding diaryl/α,β-unsaturated/α-hetero) is 1. The van der Waals surface area contributed by atoms with Gasteiger partial charge in [0.2, 0.25) is 0 Å². The summed E-state index contributed by atoms with van der Waals surface area (Å²) in [7, 11) is 0. The van der Waals surface area contributed by atoms with Crippen molar-refractivity contribution >= 4 is 45.8 Å². The normalized spacial score (nSPS) is 11.4. The number of nitrogens with zero attached hydrogens (tertiary/aromatic N) is 3. The molecule has 0 aliphatic rings. The summed E-state index contributed by atoms with van der Waals surface area (Å²) in [6.45, 7) is 0. The van der Waals surface area contributed by atoms with E-state index in [0.29, 0.717) is 22.2 Å². The van der Waals surface area contributed by atoms with Gasteiger partial charge in [-0.3, -0.25) is 14.9 Å². The van der Waals surface area contributed by atoms with E-state index in [0.717, 1.165) is 11.7 Å². The summed E-state index contributed by atoms with van der Waals surface area (Å²) in [5.74, 6) is -1.98. The maximum Gasteiger partial charge on any atom is 1.00 e. The molecule has 4 rings (SSSR count). The molecule has 0 saturated heterocycles. The Hall–Kier alpha value is -3.24. The van der Waals surface area contributed by atoms with Crippen molar-refractivity contribution in [2.45, 2.75) is 6.42 Å². The molecule has 33 heavy (non-hydrogen) atoms. The van der Waals surface area contributed by atoms with E-state index < -0.39 is 16.7 Å². The molecule has 0 atom stereocenters. The molecule has 0 spiro atoms. The monoisotopic (exact) mass is 467 g/mol. The van der Waals surface area contributed by atoms with Gasteiger partial charge < -0.3 is 9.90 Å². The van der Waals surface area contributed by atoms with Gasteiger partial charge in [0.05, 0.1) is 22.6 Å². The van der Waals surface area contributed by atoms with Gasteiger partial charge in [0.25, 0.3) is 5.69 Å². The first-order valence-electron chi connectivity index (χ1n) is 9.44. The number of non-ortho nitro benzene ring substituents is 1. The van der Waals surface area contributed by atoms with Crippen LogP contribution in [-0.2, 0) is 11.2 Å². The number of rotatable bonds is 7. The second-order valence-corrected chi connectivity index (χ2v) is 7.43. The molecule has 0 saturated carbocycles. The van der Waals surface area contributed by atoms with E-state index >= 15 is 0 Å². The standard InChI is InChI=1S/C23H15N3O5S.Na/c27-22(15-4-2-1-3-5-15)18(12-14-6-9-17(10-7-14)26(30)31)21(23(28)29)16-8-11-19-20(13-16)25-32-24-19;/h1-11,13H,12H2,(H,28,29);/q;+1/p-1/b21-18+;. The fraction of sp³-hybridized carbons (Fsp3) is 0.0435. The van der Waals surface area contributed by atoms with Gasteiger partial charge in [-0.2, -0.15) is 8.75 Å². The van der Waals surface area contributed by atoms with Crippen molar-refractivity contribution in [3.05, 3.63) is 105 Å². The number of ketones is 1. The Morgan fingerprint density at radius 1 is 0.879 bits per heavy atom. The number of hydrogen-bond acceptors (Lipinski definition) is 8. The number of aromatic nitrogens is 2. The minimum absolute atomic E-state index is 0. The van der Waals surface area contributed by atoms with E-state index in [2.05, 4.69) is 8.75 Å². The molecule has 4 aromatic rings. The van der Waals surface area contributed by atoms with Crippen LogP contribution in [0.25, 0.3) is 16.6 Å². The third-order valence-electron chi connectivity index (χ3n) is 4.89. The number of nitro benzene ring substituents is 1. The van der Waals surface area contributed by atoms with E-state index in [9.17, 15) is 24.8 Å². The summed E-state index contributed by atoms with van der Waals surface area (Å²) in [4.78, 5) is 36.0. The molecule has 0 fully saturated rings. The molecule has 1 aromatic heterocycles. The van der Waals surface area contributed by atoms with E-state index in [4.69, 9.17) is 0 Å². The van der Waals surface area contributed by atoms with E-state index in [1.165, 1.54) is 24.3 Å².